The van der Waals surface area contributed by atoms with Gasteiger partial charge in [-0.1, -0.05) is 67.2 Å². The summed E-state index contributed by atoms with van der Waals surface area (Å²) in [6.45, 7) is 7.66. The minimum absolute atomic E-state index is 0.00869. The predicted molar refractivity (Wildman–Crippen MR) is 198 cm³/mol. The highest BCUT2D eigenvalue weighted by atomic mass is 35.5. The van der Waals surface area contributed by atoms with Gasteiger partial charge in [-0.05, 0) is 80.8 Å². The van der Waals surface area contributed by atoms with Gasteiger partial charge >= 0.3 is 18.0 Å². The second kappa shape index (κ2) is 20.3. The number of carboxylic acid groups (broad SMARTS) is 2. The SMILES string of the molecule is CCCCCNC(=O)[C@H](Cc1ccc(OC(C(=O)O)C(=O)O)cc1)NC(=O)[C@H](Cc1ccc(OCc2cc(Cl)ccc2Cl)cc1)NC(=O)OC(C)(C)C. The first kappa shape index (κ1) is 42.4. The van der Waals surface area contributed by atoms with E-state index in [2.05, 4.69) is 16.0 Å². The molecule has 3 amide bonds. The molecular formula is C38H45Cl2N3O10. The van der Waals surface area contributed by atoms with Crippen molar-refractivity contribution in [3.05, 3.63) is 93.5 Å². The largest absolute Gasteiger partial charge is 0.489 e. The van der Waals surface area contributed by atoms with Crippen LogP contribution in [0.5, 0.6) is 11.5 Å². The molecule has 3 rings (SSSR count). The molecule has 286 valence electrons. The Morgan fingerprint density at radius 2 is 1.32 bits per heavy atom. The quantitative estimate of drug-likeness (QED) is 0.0718. The van der Waals surface area contributed by atoms with Crippen molar-refractivity contribution >= 4 is 53.0 Å². The lowest BCUT2D eigenvalue weighted by Gasteiger charge is -2.25. The van der Waals surface area contributed by atoms with Crippen LogP contribution in [0.25, 0.3) is 0 Å². The summed E-state index contributed by atoms with van der Waals surface area (Å²) in [5, 5.41) is 27.5. The molecule has 0 aliphatic rings. The molecule has 0 saturated heterocycles. The zero-order valence-electron chi connectivity index (χ0n) is 29.9. The number of benzene rings is 3. The molecule has 0 bridgehead atoms. The Morgan fingerprint density at radius 3 is 1.87 bits per heavy atom. The van der Waals surface area contributed by atoms with E-state index in [1.54, 1.807) is 63.2 Å². The van der Waals surface area contributed by atoms with E-state index in [4.69, 9.17) is 47.6 Å². The number of aliphatic carboxylic acids is 2. The Morgan fingerprint density at radius 1 is 0.755 bits per heavy atom. The molecule has 0 unspecified atom stereocenters. The highest BCUT2D eigenvalue weighted by molar-refractivity contribution is 6.33. The van der Waals surface area contributed by atoms with Crippen molar-refractivity contribution in [3.8, 4) is 11.5 Å². The molecule has 13 nitrogen and oxygen atoms in total. The second-order valence-electron chi connectivity index (χ2n) is 13.2. The third-order valence-corrected chi connectivity index (χ3v) is 8.15. The van der Waals surface area contributed by atoms with Crippen molar-refractivity contribution in [2.24, 2.45) is 0 Å². The smallest absolute Gasteiger partial charge is 0.408 e. The highest BCUT2D eigenvalue weighted by Crippen LogP contribution is 2.23. The first-order valence-corrected chi connectivity index (χ1v) is 17.7. The van der Waals surface area contributed by atoms with Crippen LogP contribution in [0.2, 0.25) is 10.0 Å². The van der Waals surface area contributed by atoms with Crippen molar-refractivity contribution in [1.29, 1.82) is 0 Å². The molecular weight excluding hydrogens is 729 g/mol. The van der Waals surface area contributed by atoms with Crippen LogP contribution in [0.1, 0.15) is 63.6 Å². The molecule has 0 radical (unpaired) electrons. The third-order valence-electron chi connectivity index (χ3n) is 7.55. The van der Waals surface area contributed by atoms with Crippen molar-refractivity contribution < 1.29 is 48.4 Å². The van der Waals surface area contributed by atoms with E-state index in [1.807, 2.05) is 6.92 Å². The van der Waals surface area contributed by atoms with E-state index in [-0.39, 0.29) is 25.2 Å². The van der Waals surface area contributed by atoms with E-state index in [0.717, 1.165) is 19.3 Å². The van der Waals surface area contributed by atoms with Crippen LogP contribution in [-0.2, 0) is 43.4 Å². The number of carboxylic acids is 2. The summed E-state index contributed by atoms with van der Waals surface area (Å²) in [4.78, 5) is 62.7. The average molecular weight is 775 g/mol. The summed E-state index contributed by atoms with van der Waals surface area (Å²) >= 11 is 12.3. The molecule has 0 heterocycles. The maximum atomic E-state index is 13.9. The van der Waals surface area contributed by atoms with Gasteiger partial charge in [0.2, 0.25) is 11.8 Å². The lowest BCUT2D eigenvalue weighted by atomic mass is 10.0. The Bertz CT molecular complexity index is 1700. The molecule has 3 aromatic rings. The van der Waals surface area contributed by atoms with Crippen LogP contribution < -0.4 is 25.4 Å². The van der Waals surface area contributed by atoms with Gasteiger partial charge in [0.25, 0.3) is 6.10 Å². The predicted octanol–water partition coefficient (Wildman–Crippen LogP) is 5.96. The molecule has 0 spiro atoms. The minimum atomic E-state index is -2.10. The number of hydrogen-bond donors (Lipinski definition) is 5. The van der Waals surface area contributed by atoms with Gasteiger partial charge in [0.1, 0.15) is 35.8 Å². The molecule has 0 saturated carbocycles. The Labute approximate surface area is 318 Å². The summed E-state index contributed by atoms with van der Waals surface area (Å²) in [6.07, 6.45) is -0.312. The molecule has 0 aliphatic carbocycles. The summed E-state index contributed by atoms with van der Waals surface area (Å²) in [5.74, 6) is -3.91. The molecule has 0 aliphatic heterocycles. The highest BCUT2D eigenvalue weighted by Gasteiger charge is 2.30. The summed E-state index contributed by atoms with van der Waals surface area (Å²) in [7, 11) is 0. The normalized spacial score (nSPS) is 12.3. The molecule has 0 aromatic heterocycles. The van der Waals surface area contributed by atoms with Gasteiger partial charge in [-0.3, -0.25) is 9.59 Å². The number of amides is 3. The lowest BCUT2D eigenvalue weighted by molar-refractivity contribution is -0.159. The molecule has 53 heavy (non-hydrogen) atoms. The maximum absolute atomic E-state index is 13.9. The number of ether oxygens (including phenoxy) is 3. The van der Waals surface area contributed by atoms with Gasteiger partial charge in [-0.15, -0.1) is 0 Å². The number of rotatable bonds is 19. The number of alkyl carbamates (subject to hydrolysis) is 1. The van der Waals surface area contributed by atoms with Crippen molar-refractivity contribution in [2.45, 2.75) is 90.2 Å². The second-order valence-corrected chi connectivity index (χ2v) is 14.0. The van der Waals surface area contributed by atoms with Crippen molar-refractivity contribution in [1.82, 2.24) is 16.0 Å². The Kier molecular flexibility index (Phi) is 16.2. The van der Waals surface area contributed by atoms with Gasteiger partial charge in [0.15, 0.2) is 0 Å². The van der Waals surface area contributed by atoms with Gasteiger partial charge in [0.05, 0.1) is 0 Å². The fraction of sp³-hybridized carbons (Fsp3) is 0.395. The number of nitrogens with one attached hydrogen (secondary N) is 3. The third kappa shape index (κ3) is 14.9. The number of halogens is 2. The minimum Gasteiger partial charge on any atom is -0.489 e. The number of unbranched alkanes of at least 4 members (excludes halogenated alkanes) is 2. The lowest BCUT2D eigenvalue weighted by Crippen LogP contribution is -2.55. The zero-order chi connectivity index (χ0) is 39.1. The first-order chi connectivity index (χ1) is 25.0. The standard InChI is InChI=1S/C38H45Cl2N3O10/c1-5-6-7-18-41-33(44)30(19-24-10-15-28(16-11-24)52-32(35(46)47)36(48)49)42-34(45)31(43-37(50)53-38(2,3)4)20-23-8-13-27(14-9-23)51-22-25-21-26(39)12-17-29(25)40/h8-17,21,30-32H,5-7,18-20,22H2,1-4H3,(H,41,44)(H,42,45)(H,43,50)(H,46,47)(H,48,49)/t30-,31-/m0/s1. The molecule has 3 aromatic carbocycles. The average Bonchev–Trinajstić information content (AvgIpc) is 3.09. The van der Waals surface area contributed by atoms with Crippen molar-refractivity contribution in [2.75, 3.05) is 6.54 Å². The molecule has 0 fully saturated rings. The molecule has 2 atom stereocenters. The van der Waals surface area contributed by atoms with Crippen LogP contribution in [0, 0.1) is 0 Å². The van der Waals surface area contributed by atoms with E-state index in [0.29, 0.717) is 39.0 Å². The van der Waals surface area contributed by atoms with Crippen LogP contribution in [0.15, 0.2) is 66.7 Å². The summed E-state index contributed by atoms with van der Waals surface area (Å²) in [6, 6.07) is 15.5. The fourth-order valence-electron chi connectivity index (χ4n) is 4.91. The topological polar surface area (TPSA) is 190 Å². The van der Waals surface area contributed by atoms with Crippen LogP contribution in [0.3, 0.4) is 0 Å². The number of carbonyl (C=O) groups excluding carboxylic acids is 3. The summed E-state index contributed by atoms with van der Waals surface area (Å²) in [5.41, 5.74) is 1.09. The van der Waals surface area contributed by atoms with E-state index in [9.17, 15) is 24.0 Å². The number of carbonyl (C=O) groups is 5. The van der Waals surface area contributed by atoms with Crippen LogP contribution in [0.4, 0.5) is 4.79 Å². The Hall–Kier alpha value is -5.01. The van der Waals surface area contributed by atoms with Crippen LogP contribution in [-0.4, -0.2) is 70.4 Å². The molecule has 15 heteroatoms. The Balaban J connectivity index is 1.80. The number of hydrogen-bond acceptors (Lipinski definition) is 8. The van der Waals surface area contributed by atoms with E-state index in [1.165, 1.54) is 24.3 Å². The fourth-order valence-corrected chi connectivity index (χ4v) is 5.27. The van der Waals surface area contributed by atoms with Gasteiger partial charge in [-0.25, -0.2) is 14.4 Å². The van der Waals surface area contributed by atoms with E-state index >= 15 is 0 Å². The van der Waals surface area contributed by atoms with Crippen molar-refractivity contribution in [3.63, 3.8) is 0 Å². The first-order valence-electron chi connectivity index (χ1n) is 17.0. The van der Waals surface area contributed by atoms with E-state index < -0.39 is 53.6 Å². The monoisotopic (exact) mass is 773 g/mol. The van der Waals surface area contributed by atoms with Gasteiger partial charge in [-0.2, -0.15) is 0 Å². The van der Waals surface area contributed by atoms with Gasteiger partial charge in [0, 0.05) is 35.0 Å². The zero-order valence-corrected chi connectivity index (χ0v) is 31.5. The molecule has 5 N–H and O–H groups in total. The van der Waals surface area contributed by atoms with Crippen LogP contribution >= 0.6 is 23.2 Å². The summed E-state index contributed by atoms with van der Waals surface area (Å²) < 4.78 is 16.4. The van der Waals surface area contributed by atoms with Gasteiger partial charge < -0.3 is 40.4 Å². The maximum Gasteiger partial charge on any atom is 0.408 e.